The van der Waals surface area contributed by atoms with Crippen molar-refractivity contribution in [2.24, 2.45) is 5.73 Å². The number of nitrogens with zero attached hydrogens (tertiary/aromatic N) is 2. The number of amides is 1. The summed E-state index contributed by atoms with van der Waals surface area (Å²) in [7, 11) is 0. The molecule has 2 N–H and O–H groups in total. The van der Waals surface area contributed by atoms with Gasteiger partial charge in [0.15, 0.2) is 11.6 Å². The summed E-state index contributed by atoms with van der Waals surface area (Å²) in [5, 5.41) is 0. The molecule has 0 unspecified atom stereocenters. The zero-order chi connectivity index (χ0) is 20.6. The summed E-state index contributed by atoms with van der Waals surface area (Å²) >= 11 is 0. The van der Waals surface area contributed by atoms with E-state index in [-0.39, 0.29) is 31.5 Å². The van der Waals surface area contributed by atoms with Gasteiger partial charge in [-0.15, -0.1) is 0 Å². The summed E-state index contributed by atoms with van der Waals surface area (Å²) in [4.78, 5) is 13.6. The van der Waals surface area contributed by atoms with E-state index in [9.17, 15) is 31.1 Å². The van der Waals surface area contributed by atoms with Gasteiger partial charge in [-0.1, -0.05) is 0 Å². The third kappa shape index (κ3) is 4.16. The number of carbonyl (C=O) groups is 1. The predicted octanol–water partition coefficient (Wildman–Crippen LogP) is 3.27. The molecule has 2 heterocycles. The molecule has 1 aliphatic rings. The minimum atomic E-state index is -4.48. The normalized spacial score (nSPS) is 16.2. The molecular formula is C18H17F6N3O. The Kier molecular flexibility index (Phi) is 5.42. The van der Waals surface area contributed by atoms with Crippen LogP contribution >= 0.6 is 0 Å². The maximum Gasteiger partial charge on any atom is 0.431 e. The van der Waals surface area contributed by atoms with E-state index < -0.39 is 47.3 Å². The molecule has 152 valence electrons. The first-order chi connectivity index (χ1) is 13.1. The Morgan fingerprint density at radius 1 is 1.14 bits per heavy atom. The van der Waals surface area contributed by atoms with Gasteiger partial charge in [0.1, 0.15) is 11.5 Å². The first-order valence-corrected chi connectivity index (χ1v) is 8.47. The van der Waals surface area contributed by atoms with Gasteiger partial charge in [-0.2, -0.15) is 13.2 Å². The Balaban J connectivity index is 1.54. The van der Waals surface area contributed by atoms with Gasteiger partial charge >= 0.3 is 6.18 Å². The maximum absolute atomic E-state index is 13.7. The SMILES string of the molecule is N[C@@H](CC(=O)N1CC(n2cccc2C(F)(F)F)C1)Cc1cc(F)c(F)cc1F. The Bertz CT molecular complexity index is 873. The van der Waals surface area contributed by atoms with Crippen molar-refractivity contribution in [1.29, 1.82) is 0 Å². The van der Waals surface area contributed by atoms with Gasteiger partial charge in [0, 0.05) is 37.8 Å². The molecule has 3 rings (SSSR count). The molecule has 1 aliphatic heterocycles. The molecule has 0 aliphatic carbocycles. The molecule has 0 saturated carbocycles. The van der Waals surface area contributed by atoms with Crippen molar-refractivity contribution in [3.8, 4) is 0 Å². The number of halogens is 6. The number of rotatable bonds is 5. The fourth-order valence-electron chi connectivity index (χ4n) is 3.22. The van der Waals surface area contributed by atoms with Gasteiger partial charge in [0.05, 0.1) is 6.04 Å². The largest absolute Gasteiger partial charge is 0.431 e. The number of nitrogens with two attached hydrogens (primary N) is 1. The van der Waals surface area contributed by atoms with Crippen LogP contribution in [0.1, 0.15) is 23.7 Å². The molecule has 1 aromatic heterocycles. The zero-order valence-electron chi connectivity index (χ0n) is 14.5. The Labute approximate surface area is 156 Å². The fraction of sp³-hybridized carbons (Fsp3) is 0.389. The molecule has 0 radical (unpaired) electrons. The minimum absolute atomic E-state index is 0.100. The second kappa shape index (κ2) is 7.50. The molecule has 4 nitrogen and oxygen atoms in total. The molecule has 10 heteroatoms. The van der Waals surface area contributed by atoms with Crippen LogP contribution in [0.2, 0.25) is 0 Å². The first kappa shape index (κ1) is 20.2. The number of hydrogen-bond acceptors (Lipinski definition) is 2. The van der Waals surface area contributed by atoms with Gasteiger partial charge in [-0.3, -0.25) is 4.79 Å². The van der Waals surface area contributed by atoms with Crippen molar-refractivity contribution in [2.75, 3.05) is 13.1 Å². The van der Waals surface area contributed by atoms with Crippen molar-refractivity contribution in [3.05, 3.63) is 59.2 Å². The minimum Gasteiger partial charge on any atom is -0.338 e. The monoisotopic (exact) mass is 405 g/mol. The lowest BCUT2D eigenvalue weighted by Crippen LogP contribution is -2.52. The highest BCUT2D eigenvalue weighted by atomic mass is 19.4. The van der Waals surface area contributed by atoms with Gasteiger partial charge < -0.3 is 15.2 Å². The lowest BCUT2D eigenvalue weighted by Gasteiger charge is -2.41. The van der Waals surface area contributed by atoms with Crippen molar-refractivity contribution < 1.29 is 31.1 Å². The molecule has 1 amide bonds. The van der Waals surface area contributed by atoms with E-state index in [2.05, 4.69) is 0 Å². The summed E-state index contributed by atoms with van der Waals surface area (Å²) in [6.45, 7) is 0.200. The van der Waals surface area contributed by atoms with Crippen LogP contribution in [0.4, 0.5) is 26.3 Å². The molecule has 0 spiro atoms. The number of hydrogen-bond donors (Lipinski definition) is 1. The van der Waals surface area contributed by atoms with Gasteiger partial charge in [-0.05, 0) is 30.2 Å². The molecule has 2 aromatic rings. The zero-order valence-corrected chi connectivity index (χ0v) is 14.5. The molecule has 0 bridgehead atoms. The summed E-state index contributed by atoms with van der Waals surface area (Å²) in [6.07, 6.45) is -3.54. The third-order valence-electron chi connectivity index (χ3n) is 4.69. The van der Waals surface area contributed by atoms with Crippen LogP contribution in [0, 0.1) is 17.5 Å². The van der Waals surface area contributed by atoms with Crippen LogP contribution in [0.15, 0.2) is 30.5 Å². The number of carbonyl (C=O) groups excluding carboxylic acids is 1. The predicted molar refractivity (Wildman–Crippen MR) is 87.7 cm³/mol. The highest BCUT2D eigenvalue weighted by Crippen LogP contribution is 2.34. The van der Waals surface area contributed by atoms with Gasteiger partial charge in [0.2, 0.25) is 5.91 Å². The third-order valence-corrected chi connectivity index (χ3v) is 4.69. The van der Waals surface area contributed by atoms with E-state index in [0.29, 0.717) is 12.1 Å². The van der Waals surface area contributed by atoms with Crippen molar-refractivity contribution in [3.63, 3.8) is 0 Å². The fourth-order valence-corrected chi connectivity index (χ4v) is 3.22. The van der Waals surface area contributed by atoms with E-state index in [1.54, 1.807) is 0 Å². The summed E-state index contributed by atoms with van der Waals surface area (Å²) < 4.78 is 79.7. The van der Waals surface area contributed by atoms with Crippen LogP contribution in [0.3, 0.4) is 0 Å². The van der Waals surface area contributed by atoms with Crippen molar-refractivity contribution in [1.82, 2.24) is 9.47 Å². The second-order valence-corrected chi connectivity index (χ2v) is 6.78. The van der Waals surface area contributed by atoms with Gasteiger partial charge in [-0.25, -0.2) is 13.2 Å². The number of benzene rings is 1. The summed E-state index contributed by atoms with van der Waals surface area (Å²) in [5.74, 6) is -3.89. The highest BCUT2D eigenvalue weighted by Gasteiger charge is 2.39. The standard InChI is InChI=1S/C18H17F6N3O/c19-13-7-15(21)14(20)5-10(13)4-11(25)6-17(28)26-8-12(9-26)27-3-1-2-16(27)18(22,23)24/h1-3,5,7,11-12H,4,6,8-9,25H2/t11-/m1/s1. The summed E-state index contributed by atoms with van der Waals surface area (Å²) in [6, 6.07) is 2.03. The van der Waals surface area contributed by atoms with E-state index in [4.69, 9.17) is 5.73 Å². The number of likely N-dealkylation sites (tertiary alicyclic amines) is 1. The van der Waals surface area contributed by atoms with Crippen LogP contribution in [0.5, 0.6) is 0 Å². The van der Waals surface area contributed by atoms with Crippen molar-refractivity contribution in [2.45, 2.75) is 31.1 Å². The maximum atomic E-state index is 13.7. The van der Waals surface area contributed by atoms with Crippen LogP contribution in [-0.4, -0.2) is 34.5 Å². The number of aromatic nitrogens is 1. The first-order valence-electron chi connectivity index (χ1n) is 8.47. The second-order valence-electron chi connectivity index (χ2n) is 6.78. The molecule has 1 atom stereocenters. The summed E-state index contributed by atoms with van der Waals surface area (Å²) in [5.41, 5.74) is 4.87. The molecule has 1 aromatic carbocycles. The average Bonchev–Trinajstić information content (AvgIpc) is 3.00. The molecular weight excluding hydrogens is 388 g/mol. The molecule has 1 saturated heterocycles. The van der Waals surface area contributed by atoms with Crippen molar-refractivity contribution >= 4 is 5.91 Å². The average molecular weight is 405 g/mol. The van der Waals surface area contributed by atoms with Crippen LogP contribution < -0.4 is 5.73 Å². The smallest absolute Gasteiger partial charge is 0.338 e. The Morgan fingerprint density at radius 2 is 1.79 bits per heavy atom. The van der Waals surface area contributed by atoms with E-state index in [0.717, 1.165) is 10.6 Å². The lowest BCUT2D eigenvalue weighted by molar-refractivity contribution is -0.147. The van der Waals surface area contributed by atoms with Gasteiger partial charge in [0.25, 0.3) is 0 Å². The van der Waals surface area contributed by atoms with Crippen LogP contribution in [-0.2, 0) is 17.4 Å². The molecule has 28 heavy (non-hydrogen) atoms. The molecule has 1 fully saturated rings. The number of alkyl halides is 3. The topological polar surface area (TPSA) is 51.3 Å². The Morgan fingerprint density at radius 3 is 2.43 bits per heavy atom. The van der Waals surface area contributed by atoms with E-state index >= 15 is 0 Å². The lowest BCUT2D eigenvalue weighted by atomic mass is 10.0. The quantitative estimate of drug-likeness (QED) is 0.613. The highest BCUT2D eigenvalue weighted by molar-refractivity contribution is 5.77. The van der Waals surface area contributed by atoms with E-state index in [1.165, 1.54) is 17.2 Å². The van der Waals surface area contributed by atoms with Crippen LogP contribution in [0.25, 0.3) is 0 Å². The van der Waals surface area contributed by atoms with E-state index in [1.807, 2.05) is 0 Å². The Hall–Kier alpha value is -2.49.